The Morgan fingerprint density at radius 3 is 1.85 bits per heavy atom. The van der Waals surface area contributed by atoms with Crippen molar-refractivity contribution in [2.24, 2.45) is 0 Å². The molecule has 1 aromatic heterocycles. The number of benzene rings is 2. The quantitative estimate of drug-likeness (QED) is 0.265. The lowest BCUT2D eigenvalue weighted by Crippen LogP contribution is -2.42. The Morgan fingerprint density at radius 2 is 1.38 bits per heavy atom. The minimum Gasteiger partial charge on any atom is -0.481 e. The lowest BCUT2D eigenvalue weighted by Gasteiger charge is -2.38. The molecule has 4 rings (SSSR count). The topological polar surface area (TPSA) is 173 Å². The third-order valence-electron chi connectivity index (χ3n) is 6.90. The van der Waals surface area contributed by atoms with Gasteiger partial charge in [0.2, 0.25) is 0 Å². The zero-order valence-corrected chi connectivity index (χ0v) is 22.5. The molecule has 40 heavy (non-hydrogen) atoms. The minimum absolute atomic E-state index is 0.698. The summed E-state index contributed by atoms with van der Waals surface area (Å²) in [6.45, 7) is 6.82. The fourth-order valence-corrected chi connectivity index (χ4v) is 4.49. The van der Waals surface area contributed by atoms with Crippen LogP contribution in [0.5, 0.6) is 0 Å². The number of hydrogen-bond donors (Lipinski definition) is 5. The predicted molar refractivity (Wildman–Crippen MR) is 145 cm³/mol. The zero-order chi connectivity index (χ0) is 29.5. The van der Waals surface area contributed by atoms with Gasteiger partial charge in [-0.1, -0.05) is 47.5 Å². The summed E-state index contributed by atoms with van der Waals surface area (Å²) in [6, 6.07) is 16.7. The molecule has 1 saturated heterocycles. The molecule has 0 spiro atoms. The Balaban J connectivity index is 0.000000289. The summed E-state index contributed by atoms with van der Waals surface area (Å²) < 4.78 is 1.93. The number of aromatic nitrogens is 2. The second kappa shape index (κ2) is 12.9. The van der Waals surface area contributed by atoms with Crippen molar-refractivity contribution in [1.29, 1.82) is 0 Å². The van der Waals surface area contributed by atoms with Gasteiger partial charge in [0.05, 0.1) is 30.3 Å². The molecule has 1 fully saturated rings. The van der Waals surface area contributed by atoms with E-state index >= 15 is 0 Å². The molecule has 11 nitrogen and oxygen atoms in total. The Kier molecular flexibility index (Phi) is 9.80. The van der Waals surface area contributed by atoms with Crippen molar-refractivity contribution >= 4 is 17.9 Å². The maximum Gasteiger partial charge on any atom is 0.336 e. The van der Waals surface area contributed by atoms with Gasteiger partial charge >= 0.3 is 17.9 Å². The summed E-state index contributed by atoms with van der Waals surface area (Å²) in [5, 5.41) is 49.4. The molecule has 0 radical (unpaired) electrons. The monoisotopic (exact) mass is 553 g/mol. The molecule has 0 amide bonds. The molecule has 1 aliphatic rings. The number of rotatable bonds is 9. The molecular formula is C29H35N3O8. The minimum atomic E-state index is -2.74. The van der Waals surface area contributed by atoms with E-state index in [-0.39, 0.29) is 0 Å². The molecule has 2 aromatic carbocycles. The first-order chi connectivity index (χ1) is 18.8. The van der Waals surface area contributed by atoms with E-state index in [9.17, 15) is 19.5 Å². The number of nitrogens with zero attached hydrogens (tertiary/aromatic N) is 3. The molecule has 0 bridgehead atoms. The fraction of sp³-hybridized carbons (Fsp3) is 0.379. The lowest BCUT2D eigenvalue weighted by molar-refractivity contribution is -0.170. The molecule has 0 atom stereocenters. The SMILES string of the molecule is Cc1ccc(-n2cc(CN3CCC(O)(c4ccc(C)cc4)CC3)cn2)cc1.O=C(O)CC(O)(CC(=O)O)C(=O)O. The molecule has 0 unspecified atom stereocenters. The van der Waals surface area contributed by atoms with Crippen LogP contribution < -0.4 is 0 Å². The highest BCUT2D eigenvalue weighted by molar-refractivity contribution is 5.88. The van der Waals surface area contributed by atoms with Gasteiger partial charge in [0, 0.05) is 31.4 Å². The summed E-state index contributed by atoms with van der Waals surface area (Å²) in [5.74, 6) is -5.02. The van der Waals surface area contributed by atoms with Crippen LogP contribution in [0.25, 0.3) is 5.69 Å². The summed E-state index contributed by atoms with van der Waals surface area (Å²) in [7, 11) is 0. The van der Waals surface area contributed by atoms with E-state index < -0.39 is 42.0 Å². The zero-order valence-electron chi connectivity index (χ0n) is 22.5. The number of aryl methyl sites for hydroxylation is 2. The van der Waals surface area contributed by atoms with Crippen molar-refractivity contribution < 1.29 is 39.9 Å². The normalized spacial score (nSPS) is 15.1. The van der Waals surface area contributed by atoms with E-state index in [0.29, 0.717) is 0 Å². The number of likely N-dealkylation sites (tertiary alicyclic amines) is 1. The number of carboxylic acid groups (broad SMARTS) is 3. The van der Waals surface area contributed by atoms with Crippen LogP contribution in [0.2, 0.25) is 0 Å². The van der Waals surface area contributed by atoms with Gasteiger partial charge in [-0.2, -0.15) is 5.10 Å². The molecule has 0 aliphatic carbocycles. The van der Waals surface area contributed by atoms with Crippen LogP contribution >= 0.6 is 0 Å². The van der Waals surface area contributed by atoms with Gasteiger partial charge in [-0.05, 0) is 44.4 Å². The van der Waals surface area contributed by atoms with Gasteiger partial charge in [-0.25, -0.2) is 9.48 Å². The van der Waals surface area contributed by atoms with Crippen molar-refractivity contribution in [2.75, 3.05) is 13.1 Å². The van der Waals surface area contributed by atoms with Gasteiger partial charge < -0.3 is 25.5 Å². The summed E-state index contributed by atoms with van der Waals surface area (Å²) in [4.78, 5) is 32.9. The van der Waals surface area contributed by atoms with Gasteiger partial charge in [-0.3, -0.25) is 14.5 Å². The van der Waals surface area contributed by atoms with Crippen molar-refractivity contribution in [3.63, 3.8) is 0 Å². The highest BCUT2D eigenvalue weighted by Crippen LogP contribution is 2.33. The maximum absolute atomic E-state index is 11.0. The molecule has 2 heterocycles. The number of carbonyl (C=O) groups is 3. The Bertz CT molecular complexity index is 1290. The van der Waals surface area contributed by atoms with Crippen LogP contribution in [0.3, 0.4) is 0 Å². The first-order valence-electron chi connectivity index (χ1n) is 12.8. The van der Waals surface area contributed by atoms with Crippen LogP contribution in [-0.2, 0) is 26.5 Å². The molecule has 214 valence electrons. The van der Waals surface area contributed by atoms with Crippen LogP contribution in [0, 0.1) is 13.8 Å². The van der Waals surface area contributed by atoms with Gasteiger partial charge in [0.1, 0.15) is 0 Å². The van der Waals surface area contributed by atoms with E-state index in [4.69, 9.17) is 20.4 Å². The van der Waals surface area contributed by atoms with Crippen molar-refractivity contribution in [3.8, 4) is 5.69 Å². The second-order valence-electron chi connectivity index (χ2n) is 10.3. The van der Waals surface area contributed by atoms with E-state index in [1.165, 1.54) is 16.7 Å². The molecule has 5 N–H and O–H groups in total. The molecule has 1 aliphatic heterocycles. The first-order valence-corrected chi connectivity index (χ1v) is 12.8. The maximum atomic E-state index is 11.0. The average Bonchev–Trinajstić information content (AvgIpc) is 3.34. The third-order valence-corrected chi connectivity index (χ3v) is 6.90. The van der Waals surface area contributed by atoms with E-state index in [2.05, 4.69) is 78.6 Å². The molecule has 3 aromatic rings. The summed E-state index contributed by atoms with van der Waals surface area (Å²) in [5.41, 5.74) is 2.37. The highest BCUT2D eigenvalue weighted by Gasteiger charge is 2.40. The molecular weight excluding hydrogens is 518 g/mol. The van der Waals surface area contributed by atoms with E-state index in [1.54, 1.807) is 0 Å². The Morgan fingerprint density at radius 1 is 0.875 bits per heavy atom. The largest absolute Gasteiger partial charge is 0.481 e. The Labute approximate surface area is 231 Å². The Hall–Kier alpha value is -4.06. The summed E-state index contributed by atoms with van der Waals surface area (Å²) in [6.07, 6.45) is 3.29. The number of piperidine rings is 1. The van der Waals surface area contributed by atoms with Crippen molar-refractivity contribution in [3.05, 3.63) is 83.2 Å². The van der Waals surface area contributed by atoms with Crippen LogP contribution in [0.1, 0.15) is 47.9 Å². The van der Waals surface area contributed by atoms with Crippen LogP contribution in [0.4, 0.5) is 0 Å². The van der Waals surface area contributed by atoms with Crippen molar-refractivity contribution in [2.45, 2.75) is 57.3 Å². The van der Waals surface area contributed by atoms with Crippen LogP contribution in [-0.4, -0.2) is 76.8 Å². The van der Waals surface area contributed by atoms with Gasteiger partial charge in [0.25, 0.3) is 0 Å². The van der Waals surface area contributed by atoms with Gasteiger partial charge in [0.15, 0.2) is 5.60 Å². The summed E-state index contributed by atoms with van der Waals surface area (Å²) >= 11 is 0. The number of carboxylic acids is 3. The van der Waals surface area contributed by atoms with E-state index in [0.717, 1.165) is 43.7 Å². The number of aliphatic carboxylic acids is 3. The molecule has 11 heteroatoms. The fourth-order valence-electron chi connectivity index (χ4n) is 4.49. The first kappa shape index (κ1) is 30.5. The number of hydrogen-bond acceptors (Lipinski definition) is 7. The predicted octanol–water partition coefficient (Wildman–Crippen LogP) is 2.72. The van der Waals surface area contributed by atoms with E-state index in [1.807, 2.05) is 10.9 Å². The third kappa shape index (κ3) is 8.22. The average molecular weight is 554 g/mol. The second-order valence-corrected chi connectivity index (χ2v) is 10.3. The number of aliphatic hydroxyl groups is 2. The van der Waals surface area contributed by atoms with Crippen LogP contribution in [0.15, 0.2) is 60.9 Å². The lowest BCUT2D eigenvalue weighted by atomic mass is 9.84. The molecule has 0 saturated carbocycles. The standard InChI is InChI=1S/C23H27N3O.C6H8O7/c1-18-3-7-21(8-4-18)23(27)11-13-25(14-12-23)16-20-15-24-26(17-20)22-9-5-19(2)6-10-22;7-3(8)1-6(13,5(11)12)2-4(9)10/h3-10,15,17,27H,11-14,16H2,1-2H3;13H,1-2H2,(H,7,8)(H,9,10)(H,11,12). The van der Waals surface area contributed by atoms with Crippen molar-refractivity contribution in [1.82, 2.24) is 14.7 Å². The van der Waals surface area contributed by atoms with Gasteiger partial charge in [-0.15, -0.1) is 0 Å². The smallest absolute Gasteiger partial charge is 0.336 e. The highest BCUT2D eigenvalue weighted by atomic mass is 16.4.